The fourth-order valence-electron chi connectivity index (χ4n) is 2.30. The topological polar surface area (TPSA) is 55.1 Å². The van der Waals surface area contributed by atoms with Gasteiger partial charge in [0.05, 0.1) is 17.9 Å². The number of halogens is 1. The molecule has 0 aliphatic heterocycles. The summed E-state index contributed by atoms with van der Waals surface area (Å²) in [5, 5.41) is 13.8. The van der Waals surface area contributed by atoms with Crippen LogP contribution in [0.2, 0.25) is 0 Å². The number of aryl methyl sites for hydroxylation is 1. The van der Waals surface area contributed by atoms with E-state index < -0.39 is 5.97 Å². The molecule has 2 aromatic rings. The van der Waals surface area contributed by atoms with Crippen molar-refractivity contribution >= 4 is 21.9 Å². The summed E-state index contributed by atoms with van der Waals surface area (Å²) in [6.45, 7) is 4.48. The van der Waals surface area contributed by atoms with Gasteiger partial charge in [-0.05, 0) is 30.5 Å². The number of carbonyl (C=O) groups is 1. The maximum absolute atomic E-state index is 11.4. The number of hydrogen-bond acceptors (Lipinski definition) is 2. The van der Waals surface area contributed by atoms with Gasteiger partial charge in [0.25, 0.3) is 0 Å². The molecule has 1 aromatic carbocycles. The van der Waals surface area contributed by atoms with Crippen LogP contribution in [0.4, 0.5) is 0 Å². The lowest BCUT2D eigenvalue weighted by Gasteiger charge is -2.07. The minimum atomic E-state index is -0.888. The van der Waals surface area contributed by atoms with Gasteiger partial charge < -0.3 is 5.11 Å². The summed E-state index contributed by atoms with van der Waals surface area (Å²) in [5.74, 6) is -0.888. The van der Waals surface area contributed by atoms with E-state index in [1.165, 1.54) is 0 Å². The Balaban J connectivity index is 2.41. The molecular weight excluding hydrogens is 320 g/mol. The molecule has 1 aromatic heterocycles. The van der Waals surface area contributed by atoms with Crippen molar-refractivity contribution in [2.45, 2.75) is 33.2 Å². The molecule has 0 atom stereocenters. The van der Waals surface area contributed by atoms with Crippen LogP contribution >= 0.6 is 15.9 Å². The minimum Gasteiger partial charge on any atom is -0.478 e. The highest BCUT2D eigenvalue weighted by Crippen LogP contribution is 2.18. The lowest BCUT2D eigenvalue weighted by atomic mass is 10.1. The van der Waals surface area contributed by atoms with Gasteiger partial charge in [-0.25, -0.2) is 4.79 Å². The van der Waals surface area contributed by atoms with Gasteiger partial charge in [0.15, 0.2) is 0 Å². The van der Waals surface area contributed by atoms with E-state index >= 15 is 0 Å². The Morgan fingerprint density at radius 2 is 1.90 bits per heavy atom. The molecular formula is C15H17BrN2O2. The first-order chi connectivity index (χ1) is 9.56. The van der Waals surface area contributed by atoms with Crippen LogP contribution in [0, 0.1) is 0 Å². The summed E-state index contributed by atoms with van der Waals surface area (Å²) in [7, 11) is 0. The molecule has 0 fully saturated rings. The van der Waals surface area contributed by atoms with Crippen molar-refractivity contribution in [3.63, 3.8) is 0 Å². The van der Waals surface area contributed by atoms with Gasteiger partial charge in [-0.15, -0.1) is 0 Å². The van der Waals surface area contributed by atoms with Gasteiger partial charge in [-0.2, -0.15) is 5.10 Å². The van der Waals surface area contributed by atoms with Gasteiger partial charge >= 0.3 is 5.97 Å². The van der Waals surface area contributed by atoms with Crippen molar-refractivity contribution in [2.24, 2.45) is 0 Å². The Hall–Kier alpha value is -1.62. The van der Waals surface area contributed by atoms with Gasteiger partial charge in [0.1, 0.15) is 5.56 Å². The summed E-state index contributed by atoms with van der Waals surface area (Å²) >= 11 is 3.40. The Bertz CT molecular complexity index is 618. The van der Waals surface area contributed by atoms with Crippen LogP contribution in [0.1, 0.15) is 41.2 Å². The zero-order valence-corrected chi connectivity index (χ0v) is 13.1. The van der Waals surface area contributed by atoms with Crippen LogP contribution in [0.3, 0.4) is 0 Å². The summed E-state index contributed by atoms with van der Waals surface area (Å²) in [6.07, 6.45) is 1.28. The van der Waals surface area contributed by atoms with Crippen molar-refractivity contribution in [3.05, 3.63) is 51.3 Å². The molecule has 0 saturated carbocycles. The van der Waals surface area contributed by atoms with Gasteiger partial charge in [0, 0.05) is 4.47 Å². The Morgan fingerprint density at radius 1 is 1.25 bits per heavy atom. The molecule has 1 heterocycles. The molecule has 1 N–H and O–H groups in total. The number of rotatable bonds is 5. The van der Waals surface area contributed by atoms with Crippen LogP contribution < -0.4 is 0 Å². The first kappa shape index (κ1) is 14.8. The lowest BCUT2D eigenvalue weighted by molar-refractivity contribution is 0.0694. The SMILES string of the molecule is CCc1nn(Cc2ccc(Br)cc2)c(CC)c1C(=O)O. The van der Waals surface area contributed by atoms with Crippen molar-refractivity contribution in [1.29, 1.82) is 0 Å². The molecule has 5 heteroatoms. The quantitative estimate of drug-likeness (QED) is 0.908. The normalized spacial score (nSPS) is 10.8. The van der Waals surface area contributed by atoms with Crippen LogP contribution in [-0.2, 0) is 19.4 Å². The van der Waals surface area contributed by atoms with E-state index in [2.05, 4.69) is 21.0 Å². The van der Waals surface area contributed by atoms with Gasteiger partial charge in [-0.3, -0.25) is 4.68 Å². The summed E-state index contributed by atoms with van der Waals surface area (Å²) < 4.78 is 2.84. The molecule has 106 valence electrons. The second-order valence-electron chi connectivity index (χ2n) is 4.56. The summed E-state index contributed by atoms with van der Waals surface area (Å²) in [4.78, 5) is 11.4. The van der Waals surface area contributed by atoms with Crippen molar-refractivity contribution in [2.75, 3.05) is 0 Å². The molecule has 20 heavy (non-hydrogen) atoms. The predicted molar refractivity (Wildman–Crippen MR) is 81.2 cm³/mol. The molecule has 0 aliphatic carbocycles. The Morgan fingerprint density at radius 3 is 2.40 bits per heavy atom. The van der Waals surface area contributed by atoms with E-state index in [1.54, 1.807) is 0 Å². The highest BCUT2D eigenvalue weighted by Gasteiger charge is 2.21. The number of hydrogen-bond donors (Lipinski definition) is 1. The average molecular weight is 337 g/mol. The molecule has 0 radical (unpaired) electrons. The van der Waals surface area contributed by atoms with Crippen molar-refractivity contribution < 1.29 is 9.90 Å². The monoisotopic (exact) mass is 336 g/mol. The predicted octanol–water partition coefficient (Wildman–Crippen LogP) is 3.52. The lowest BCUT2D eigenvalue weighted by Crippen LogP contribution is -2.08. The molecule has 0 bridgehead atoms. The third-order valence-corrected chi connectivity index (χ3v) is 3.79. The zero-order valence-electron chi connectivity index (χ0n) is 11.6. The highest BCUT2D eigenvalue weighted by atomic mass is 79.9. The van der Waals surface area contributed by atoms with E-state index in [9.17, 15) is 9.90 Å². The van der Waals surface area contributed by atoms with E-state index in [0.29, 0.717) is 30.6 Å². The highest BCUT2D eigenvalue weighted by molar-refractivity contribution is 9.10. The molecule has 0 aliphatic rings. The molecule has 0 saturated heterocycles. The maximum atomic E-state index is 11.4. The van der Waals surface area contributed by atoms with Gasteiger partial charge in [0.2, 0.25) is 0 Å². The third-order valence-electron chi connectivity index (χ3n) is 3.26. The number of aromatic carboxylic acids is 1. The molecule has 4 nitrogen and oxygen atoms in total. The van der Waals surface area contributed by atoms with Crippen molar-refractivity contribution in [3.8, 4) is 0 Å². The number of carboxylic acid groups (broad SMARTS) is 1. The largest absolute Gasteiger partial charge is 0.478 e. The van der Waals surface area contributed by atoms with E-state index in [0.717, 1.165) is 15.7 Å². The number of benzene rings is 1. The molecule has 0 spiro atoms. The Labute approximate surface area is 126 Å². The van der Waals surface area contributed by atoms with Crippen LogP contribution in [0.25, 0.3) is 0 Å². The van der Waals surface area contributed by atoms with Crippen LogP contribution in [0.5, 0.6) is 0 Å². The summed E-state index contributed by atoms with van der Waals surface area (Å²) in [5.41, 5.74) is 2.92. The average Bonchev–Trinajstić information content (AvgIpc) is 2.79. The fraction of sp³-hybridized carbons (Fsp3) is 0.333. The number of carboxylic acids is 1. The fourth-order valence-corrected chi connectivity index (χ4v) is 2.56. The van der Waals surface area contributed by atoms with E-state index in [1.807, 2.05) is 42.8 Å². The van der Waals surface area contributed by atoms with Crippen LogP contribution in [0.15, 0.2) is 28.7 Å². The first-order valence-corrected chi connectivity index (χ1v) is 7.42. The smallest absolute Gasteiger partial charge is 0.339 e. The zero-order chi connectivity index (χ0) is 14.7. The summed E-state index contributed by atoms with van der Waals surface area (Å²) in [6, 6.07) is 7.97. The standard InChI is InChI=1S/C15H17BrN2O2/c1-3-12-14(15(19)20)13(4-2)18(17-12)9-10-5-7-11(16)8-6-10/h5-8H,3-4,9H2,1-2H3,(H,19,20). The van der Waals surface area contributed by atoms with E-state index in [-0.39, 0.29) is 0 Å². The third kappa shape index (κ3) is 2.93. The van der Waals surface area contributed by atoms with Gasteiger partial charge in [-0.1, -0.05) is 41.9 Å². The molecule has 0 unspecified atom stereocenters. The second-order valence-corrected chi connectivity index (χ2v) is 5.48. The number of nitrogens with zero attached hydrogens (tertiary/aromatic N) is 2. The van der Waals surface area contributed by atoms with Crippen LogP contribution in [-0.4, -0.2) is 20.9 Å². The van der Waals surface area contributed by atoms with Crippen molar-refractivity contribution in [1.82, 2.24) is 9.78 Å². The maximum Gasteiger partial charge on any atom is 0.339 e. The molecule has 0 amide bonds. The second kappa shape index (κ2) is 6.22. The number of aromatic nitrogens is 2. The first-order valence-electron chi connectivity index (χ1n) is 6.63. The molecule has 2 rings (SSSR count). The Kier molecular flexibility index (Phi) is 4.60. The van der Waals surface area contributed by atoms with E-state index in [4.69, 9.17) is 0 Å². The minimum absolute atomic E-state index is 0.368.